The van der Waals surface area contributed by atoms with Crippen molar-refractivity contribution in [1.29, 1.82) is 0 Å². The highest BCUT2D eigenvalue weighted by Gasteiger charge is 2.27. The summed E-state index contributed by atoms with van der Waals surface area (Å²) in [5.74, 6) is -1.70. The molecule has 190 valence electrons. The van der Waals surface area contributed by atoms with Crippen LogP contribution in [0.1, 0.15) is 84.0 Å². The van der Waals surface area contributed by atoms with Gasteiger partial charge in [0.2, 0.25) is 0 Å². The van der Waals surface area contributed by atoms with Gasteiger partial charge in [-0.1, -0.05) is 75.1 Å². The molecule has 0 unspecified atom stereocenters. The van der Waals surface area contributed by atoms with Crippen molar-refractivity contribution in [1.82, 2.24) is 9.13 Å². The Kier molecular flexibility index (Phi) is 8.08. The summed E-state index contributed by atoms with van der Waals surface area (Å²) in [6.07, 6.45) is 7.75. The number of rotatable bonds is 10. The molecule has 1 aliphatic carbocycles. The molecule has 1 aromatic heterocycles. The van der Waals surface area contributed by atoms with E-state index in [1.165, 1.54) is 11.0 Å². The number of carbonyl (C=O) groups is 2. The third-order valence-electron chi connectivity index (χ3n) is 7.23. The fourth-order valence-corrected chi connectivity index (χ4v) is 5.33. The Labute approximate surface area is 211 Å². The molecule has 1 heterocycles. The molecule has 2 N–H and O–H groups in total. The molecule has 0 amide bonds. The summed E-state index contributed by atoms with van der Waals surface area (Å²) < 4.78 is 3.13. The van der Waals surface area contributed by atoms with E-state index in [0.29, 0.717) is 30.1 Å². The standard InChI is InChI=1S/C29H34N2O5/c1-2-3-13-25-26(28(34)35)31(19-20-9-5-4-6-10-20)29(36)30(25)18-21-14-16-22(17-15-21)23-11-7-8-12-24(23)27(32)33/h7-8,11-12,14-17,20H,2-6,9-10,13,18-19H2,1H3,(H,32,33)(H,34,35). The van der Waals surface area contributed by atoms with E-state index in [4.69, 9.17) is 0 Å². The molecule has 0 aliphatic heterocycles. The van der Waals surface area contributed by atoms with Gasteiger partial charge in [0, 0.05) is 6.54 Å². The van der Waals surface area contributed by atoms with Crippen LogP contribution in [0.4, 0.5) is 0 Å². The van der Waals surface area contributed by atoms with Crippen LogP contribution in [0.15, 0.2) is 53.3 Å². The second-order valence-corrected chi connectivity index (χ2v) is 9.74. The number of unbranched alkanes of at least 4 members (excludes halogenated alkanes) is 1. The van der Waals surface area contributed by atoms with Crippen LogP contribution in [-0.2, 0) is 19.5 Å². The van der Waals surface area contributed by atoms with E-state index in [-0.39, 0.29) is 23.5 Å². The first-order valence-electron chi connectivity index (χ1n) is 12.9. The van der Waals surface area contributed by atoms with Crippen molar-refractivity contribution in [3.8, 4) is 11.1 Å². The van der Waals surface area contributed by atoms with E-state index in [0.717, 1.165) is 49.7 Å². The second-order valence-electron chi connectivity index (χ2n) is 9.74. The maximum Gasteiger partial charge on any atom is 0.354 e. The molecule has 0 saturated heterocycles. The molecule has 7 nitrogen and oxygen atoms in total. The number of carboxylic acid groups (broad SMARTS) is 2. The van der Waals surface area contributed by atoms with E-state index < -0.39 is 11.9 Å². The molecule has 36 heavy (non-hydrogen) atoms. The molecular weight excluding hydrogens is 456 g/mol. The summed E-state index contributed by atoms with van der Waals surface area (Å²) in [5.41, 5.74) is 2.95. The fraction of sp³-hybridized carbons (Fsp3) is 0.414. The molecule has 3 aromatic rings. The zero-order valence-electron chi connectivity index (χ0n) is 20.8. The second kappa shape index (κ2) is 11.4. The zero-order chi connectivity index (χ0) is 25.7. The van der Waals surface area contributed by atoms with E-state index in [2.05, 4.69) is 6.92 Å². The van der Waals surface area contributed by atoms with E-state index in [1.54, 1.807) is 28.8 Å². The molecular formula is C29H34N2O5. The minimum Gasteiger partial charge on any atom is -0.478 e. The zero-order valence-corrected chi connectivity index (χ0v) is 20.8. The van der Waals surface area contributed by atoms with Crippen molar-refractivity contribution >= 4 is 11.9 Å². The van der Waals surface area contributed by atoms with Crippen LogP contribution in [0.2, 0.25) is 0 Å². The van der Waals surface area contributed by atoms with Gasteiger partial charge in [-0.25, -0.2) is 14.4 Å². The number of benzene rings is 2. The van der Waals surface area contributed by atoms with Crippen molar-refractivity contribution in [3.05, 3.63) is 81.5 Å². The Bertz CT molecular complexity index is 1280. The van der Waals surface area contributed by atoms with E-state index >= 15 is 0 Å². The predicted molar refractivity (Wildman–Crippen MR) is 139 cm³/mol. The Morgan fingerprint density at radius 3 is 2.25 bits per heavy atom. The Hall–Kier alpha value is -3.61. The Morgan fingerprint density at radius 2 is 1.61 bits per heavy atom. The van der Waals surface area contributed by atoms with E-state index in [1.807, 2.05) is 24.3 Å². The lowest BCUT2D eigenvalue weighted by Crippen LogP contribution is -2.29. The number of imidazole rings is 1. The van der Waals surface area contributed by atoms with E-state index in [9.17, 15) is 24.6 Å². The molecule has 2 aromatic carbocycles. The SMILES string of the molecule is CCCCc1c(C(=O)O)n(CC2CCCCC2)c(=O)n1Cc1ccc(-c2ccccc2C(=O)O)cc1. The van der Waals surface area contributed by atoms with Crippen LogP contribution < -0.4 is 5.69 Å². The molecule has 1 fully saturated rings. The van der Waals surface area contributed by atoms with Crippen molar-refractivity contribution < 1.29 is 19.8 Å². The van der Waals surface area contributed by atoms with Gasteiger partial charge in [0.1, 0.15) is 0 Å². The highest BCUT2D eigenvalue weighted by atomic mass is 16.4. The van der Waals surface area contributed by atoms with Gasteiger partial charge in [-0.3, -0.25) is 9.13 Å². The van der Waals surface area contributed by atoms with Crippen molar-refractivity contribution in [3.63, 3.8) is 0 Å². The maximum absolute atomic E-state index is 13.6. The molecule has 0 radical (unpaired) electrons. The van der Waals surface area contributed by atoms with Crippen LogP contribution in [-0.4, -0.2) is 31.3 Å². The monoisotopic (exact) mass is 490 g/mol. The summed E-state index contributed by atoms with van der Waals surface area (Å²) in [6.45, 7) is 2.78. The van der Waals surface area contributed by atoms with Crippen LogP contribution in [0, 0.1) is 5.92 Å². The molecule has 7 heteroatoms. The first-order valence-corrected chi connectivity index (χ1v) is 12.9. The Morgan fingerprint density at radius 1 is 0.917 bits per heavy atom. The molecule has 0 spiro atoms. The third kappa shape index (κ3) is 5.45. The Balaban J connectivity index is 1.69. The predicted octanol–water partition coefficient (Wildman–Crippen LogP) is 5.68. The summed E-state index contributed by atoms with van der Waals surface area (Å²) in [5, 5.41) is 19.6. The lowest BCUT2D eigenvalue weighted by atomic mass is 9.89. The molecule has 1 aliphatic rings. The average molecular weight is 491 g/mol. The van der Waals surface area contributed by atoms with Gasteiger partial charge >= 0.3 is 17.6 Å². The highest BCUT2D eigenvalue weighted by molar-refractivity contribution is 5.96. The minimum absolute atomic E-state index is 0.131. The van der Waals surface area contributed by atoms with Crippen LogP contribution in [0.3, 0.4) is 0 Å². The molecule has 0 atom stereocenters. The smallest absolute Gasteiger partial charge is 0.354 e. The normalized spacial score (nSPS) is 14.1. The third-order valence-corrected chi connectivity index (χ3v) is 7.23. The van der Waals surface area contributed by atoms with Gasteiger partial charge in [-0.05, 0) is 54.4 Å². The van der Waals surface area contributed by atoms with Crippen LogP contribution >= 0.6 is 0 Å². The van der Waals surface area contributed by atoms with Gasteiger partial charge in [0.25, 0.3) is 0 Å². The lowest BCUT2D eigenvalue weighted by molar-refractivity contribution is 0.0675. The number of hydrogen-bond acceptors (Lipinski definition) is 3. The first kappa shape index (κ1) is 25.5. The van der Waals surface area contributed by atoms with Crippen molar-refractivity contribution in [2.24, 2.45) is 5.92 Å². The molecule has 0 bridgehead atoms. The summed E-state index contributed by atoms with van der Waals surface area (Å²) in [6, 6.07) is 14.3. The number of aromatic carboxylic acids is 2. The summed E-state index contributed by atoms with van der Waals surface area (Å²) in [7, 11) is 0. The van der Waals surface area contributed by atoms with Crippen molar-refractivity contribution in [2.75, 3.05) is 0 Å². The number of aromatic nitrogens is 2. The first-order chi connectivity index (χ1) is 17.4. The van der Waals surface area contributed by atoms with Gasteiger partial charge in [-0.2, -0.15) is 0 Å². The van der Waals surface area contributed by atoms with Gasteiger partial charge in [0.05, 0.1) is 17.8 Å². The fourth-order valence-electron chi connectivity index (χ4n) is 5.33. The van der Waals surface area contributed by atoms with Crippen molar-refractivity contribution in [2.45, 2.75) is 71.4 Å². The number of hydrogen-bond donors (Lipinski definition) is 2. The largest absolute Gasteiger partial charge is 0.478 e. The van der Waals surface area contributed by atoms with Gasteiger partial charge in [-0.15, -0.1) is 0 Å². The molecule has 4 rings (SSSR count). The molecule has 1 saturated carbocycles. The lowest BCUT2D eigenvalue weighted by Gasteiger charge is -2.22. The average Bonchev–Trinajstić information content (AvgIpc) is 3.14. The summed E-state index contributed by atoms with van der Waals surface area (Å²) in [4.78, 5) is 37.5. The summed E-state index contributed by atoms with van der Waals surface area (Å²) >= 11 is 0. The van der Waals surface area contributed by atoms with Gasteiger partial charge in [0.15, 0.2) is 5.69 Å². The number of carboxylic acids is 2. The highest BCUT2D eigenvalue weighted by Crippen LogP contribution is 2.27. The van der Waals surface area contributed by atoms with Crippen LogP contribution in [0.25, 0.3) is 11.1 Å². The number of nitrogens with zero attached hydrogens (tertiary/aromatic N) is 2. The quantitative estimate of drug-likeness (QED) is 0.380. The van der Waals surface area contributed by atoms with Gasteiger partial charge < -0.3 is 10.2 Å². The maximum atomic E-state index is 13.6. The minimum atomic E-state index is -1.05. The topological polar surface area (TPSA) is 102 Å². The van der Waals surface area contributed by atoms with Crippen LogP contribution in [0.5, 0.6) is 0 Å².